The van der Waals surface area contributed by atoms with Gasteiger partial charge in [-0.2, -0.15) is 0 Å². The third-order valence-electron chi connectivity index (χ3n) is 6.80. The fraction of sp³-hybridized carbons (Fsp3) is 0.564. The predicted molar refractivity (Wildman–Crippen MR) is 188 cm³/mol. The van der Waals surface area contributed by atoms with Crippen molar-refractivity contribution in [2.24, 2.45) is 0 Å². The van der Waals surface area contributed by atoms with Gasteiger partial charge in [-0.1, -0.05) is 137 Å². The lowest BCUT2D eigenvalue weighted by atomic mass is 10.1. The summed E-state index contributed by atoms with van der Waals surface area (Å²) in [6.07, 6.45) is 50.6. The topological polar surface area (TPSA) is 69.6 Å². The number of allylic oxidation sites excluding steroid dienone is 15. The molecular weight excluding hydrogens is 530 g/mol. The van der Waals surface area contributed by atoms with Crippen molar-refractivity contribution in [2.75, 3.05) is 6.61 Å². The maximum absolute atomic E-state index is 12.2. The van der Waals surface area contributed by atoms with E-state index in [-0.39, 0.29) is 12.5 Å². The summed E-state index contributed by atoms with van der Waals surface area (Å²) >= 11 is 0. The van der Waals surface area contributed by atoms with E-state index in [0.29, 0.717) is 6.42 Å². The van der Waals surface area contributed by atoms with E-state index < -0.39 is 12.1 Å². The van der Waals surface area contributed by atoms with Crippen LogP contribution in [0.4, 0.5) is 0 Å². The highest BCUT2D eigenvalue weighted by atomic mass is 16.3. The summed E-state index contributed by atoms with van der Waals surface area (Å²) in [7, 11) is 0. The van der Waals surface area contributed by atoms with Gasteiger partial charge in [0.05, 0.1) is 18.8 Å². The Labute approximate surface area is 264 Å². The lowest BCUT2D eigenvalue weighted by molar-refractivity contribution is -0.123. The van der Waals surface area contributed by atoms with Crippen LogP contribution < -0.4 is 5.32 Å². The Kier molecular flexibility index (Phi) is 31.7. The lowest BCUT2D eigenvalue weighted by Gasteiger charge is -2.19. The highest BCUT2D eigenvalue weighted by Crippen LogP contribution is 2.08. The monoisotopic (exact) mass is 593 g/mol. The lowest BCUT2D eigenvalue weighted by Crippen LogP contribution is -2.45. The zero-order valence-corrected chi connectivity index (χ0v) is 27.4. The first-order valence-electron chi connectivity index (χ1n) is 17.0. The van der Waals surface area contributed by atoms with Gasteiger partial charge in [0.1, 0.15) is 0 Å². The SMILES string of the molecule is CC/C=C\C/C=C\C/C=C\C/C=C\C/C=C\C/C=C\CCCCCCC(=O)NC(CO)C(O)/C=C/CC/C=C/CCCC. The maximum Gasteiger partial charge on any atom is 0.220 e. The van der Waals surface area contributed by atoms with Gasteiger partial charge in [0, 0.05) is 6.42 Å². The van der Waals surface area contributed by atoms with Crippen molar-refractivity contribution in [1.29, 1.82) is 0 Å². The van der Waals surface area contributed by atoms with Crippen molar-refractivity contribution in [3.63, 3.8) is 0 Å². The smallest absolute Gasteiger partial charge is 0.220 e. The van der Waals surface area contributed by atoms with Crippen molar-refractivity contribution in [1.82, 2.24) is 5.32 Å². The van der Waals surface area contributed by atoms with E-state index in [1.54, 1.807) is 6.08 Å². The van der Waals surface area contributed by atoms with Crippen molar-refractivity contribution in [2.45, 2.75) is 135 Å². The molecule has 0 rings (SSSR count). The van der Waals surface area contributed by atoms with Crippen LogP contribution in [0.25, 0.3) is 0 Å². The Morgan fingerprint density at radius 2 is 1.05 bits per heavy atom. The van der Waals surface area contributed by atoms with E-state index in [1.165, 1.54) is 12.8 Å². The van der Waals surface area contributed by atoms with Gasteiger partial charge in [0.25, 0.3) is 0 Å². The standard InChI is InChI=1S/C39H63NO3/c1-3-5-7-9-11-13-14-15-16-17-18-19-20-21-22-23-24-25-26-27-29-31-33-35-39(43)40-37(36-41)38(42)34-32-30-28-12-10-8-6-4-2/h5,7,10-13,15-16,18-19,21-22,24-25,32,34,37-38,41-42H,3-4,6,8-9,14,17,20,23,26-31,33,35-36H2,1-2H3,(H,40,43)/b7-5-,12-10+,13-11-,16-15-,19-18-,22-21-,25-24-,34-32+. The molecule has 0 heterocycles. The van der Waals surface area contributed by atoms with Crippen LogP contribution in [0, 0.1) is 0 Å². The third-order valence-corrected chi connectivity index (χ3v) is 6.80. The summed E-state index contributed by atoms with van der Waals surface area (Å²) in [5.41, 5.74) is 0. The molecule has 0 saturated carbocycles. The number of amides is 1. The summed E-state index contributed by atoms with van der Waals surface area (Å²) in [4.78, 5) is 12.2. The largest absolute Gasteiger partial charge is 0.394 e. The van der Waals surface area contributed by atoms with Gasteiger partial charge in [0.2, 0.25) is 5.91 Å². The van der Waals surface area contributed by atoms with Gasteiger partial charge in [-0.25, -0.2) is 0 Å². The highest BCUT2D eigenvalue weighted by Gasteiger charge is 2.17. The van der Waals surface area contributed by atoms with Crippen LogP contribution in [0.2, 0.25) is 0 Å². The Hall–Kier alpha value is -2.69. The number of aliphatic hydroxyl groups is 2. The molecule has 0 radical (unpaired) electrons. The van der Waals surface area contributed by atoms with E-state index in [1.807, 2.05) is 6.08 Å². The molecule has 0 aromatic rings. The van der Waals surface area contributed by atoms with Gasteiger partial charge >= 0.3 is 0 Å². The van der Waals surface area contributed by atoms with E-state index >= 15 is 0 Å². The Bertz CT molecular complexity index is 860. The summed E-state index contributed by atoms with van der Waals surface area (Å²) in [6.45, 7) is 4.06. The van der Waals surface area contributed by atoms with Gasteiger partial charge in [-0.05, 0) is 77.0 Å². The number of nitrogens with one attached hydrogen (secondary N) is 1. The minimum atomic E-state index is -0.876. The molecule has 4 nitrogen and oxygen atoms in total. The minimum absolute atomic E-state index is 0.109. The summed E-state index contributed by atoms with van der Waals surface area (Å²) in [5, 5.41) is 22.6. The molecule has 0 saturated heterocycles. The predicted octanol–water partition coefficient (Wildman–Crippen LogP) is 9.95. The number of hydrogen-bond donors (Lipinski definition) is 3. The fourth-order valence-electron chi connectivity index (χ4n) is 4.18. The molecule has 2 atom stereocenters. The molecule has 1 amide bonds. The first-order chi connectivity index (χ1) is 21.2. The van der Waals surface area contributed by atoms with Crippen molar-refractivity contribution >= 4 is 5.91 Å². The number of unbranched alkanes of at least 4 members (excludes halogenated alkanes) is 7. The summed E-state index contributed by atoms with van der Waals surface area (Å²) < 4.78 is 0. The average Bonchev–Trinajstić information content (AvgIpc) is 3.01. The Morgan fingerprint density at radius 1 is 0.581 bits per heavy atom. The maximum atomic E-state index is 12.2. The molecule has 0 spiro atoms. The molecule has 0 aliphatic heterocycles. The van der Waals surface area contributed by atoms with E-state index in [0.717, 1.165) is 89.9 Å². The average molecular weight is 594 g/mol. The summed E-state index contributed by atoms with van der Waals surface area (Å²) in [5.74, 6) is -0.109. The van der Waals surface area contributed by atoms with Crippen molar-refractivity contribution < 1.29 is 15.0 Å². The zero-order chi connectivity index (χ0) is 31.5. The second-order valence-electron chi connectivity index (χ2n) is 10.8. The molecular formula is C39H63NO3. The molecule has 43 heavy (non-hydrogen) atoms. The van der Waals surface area contributed by atoms with Gasteiger partial charge < -0.3 is 15.5 Å². The quantitative estimate of drug-likeness (QED) is 0.0624. The van der Waals surface area contributed by atoms with Crippen molar-refractivity contribution in [3.05, 3.63) is 97.2 Å². The number of carbonyl (C=O) groups is 1. The molecule has 0 aliphatic carbocycles. The number of rotatable bonds is 28. The van der Waals surface area contributed by atoms with Crippen LogP contribution in [-0.4, -0.2) is 34.9 Å². The molecule has 0 fully saturated rings. The van der Waals surface area contributed by atoms with Crippen LogP contribution in [0.15, 0.2) is 97.2 Å². The normalized spacial score (nSPS) is 14.4. The second kappa shape index (κ2) is 33.8. The fourth-order valence-corrected chi connectivity index (χ4v) is 4.18. The first-order valence-corrected chi connectivity index (χ1v) is 17.0. The van der Waals surface area contributed by atoms with E-state index in [9.17, 15) is 15.0 Å². The number of hydrogen-bond acceptors (Lipinski definition) is 3. The second-order valence-corrected chi connectivity index (χ2v) is 10.8. The molecule has 4 heteroatoms. The molecule has 0 aromatic heterocycles. The van der Waals surface area contributed by atoms with E-state index in [2.05, 4.69) is 104 Å². The number of aliphatic hydroxyl groups excluding tert-OH is 2. The zero-order valence-electron chi connectivity index (χ0n) is 27.4. The van der Waals surface area contributed by atoms with Gasteiger partial charge in [0.15, 0.2) is 0 Å². The molecule has 0 bridgehead atoms. The molecule has 3 N–H and O–H groups in total. The first kappa shape index (κ1) is 40.3. The summed E-state index contributed by atoms with van der Waals surface area (Å²) in [6, 6.07) is -0.656. The third kappa shape index (κ3) is 30.6. The minimum Gasteiger partial charge on any atom is -0.394 e. The highest BCUT2D eigenvalue weighted by molar-refractivity contribution is 5.76. The van der Waals surface area contributed by atoms with E-state index in [4.69, 9.17) is 0 Å². The van der Waals surface area contributed by atoms with Crippen LogP contribution >= 0.6 is 0 Å². The molecule has 2 unspecified atom stereocenters. The van der Waals surface area contributed by atoms with Crippen LogP contribution in [-0.2, 0) is 4.79 Å². The van der Waals surface area contributed by atoms with Gasteiger partial charge in [-0.15, -0.1) is 0 Å². The van der Waals surface area contributed by atoms with Crippen LogP contribution in [0.1, 0.15) is 123 Å². The Morgan fingerprint density at radius 3 is 1.60 bits per heavy atom. The molecule has 242 valence electrons. The number of carbonyl (C=O) groups excluding carboxylic acids is 1. The van der Waals surface area contributed by atoms with Crippen molar-refractivity contribution in [3.8, 4) is 0 Å². The molecule has 0 aliphatic rings. The van der Waals surface area contributed by atoms with Gasteiger partial charge in [-0.3, -0.25) is 4.79 Å². The van der Waals surface area contributed by atoms with Crippen LogP contribution in [0.5, 0.6) is 0 Å². The van der Waals surface area contributed by atoms with Crippen LogP contribution in [0.3, 0.4) is 0 Å². The molecule has 0 aromatic carbocycles. The Balaban J connectivity index is 3.77.